The van der Waals surface area contributed by atoms with Crippen LogP contribution in [0.3, 0.4) is 0 Å². The van der Waals surface area contributed by atoms with E-state index < -0.39 is 0 Å². The van der Waals surface area contributed by atoms with Gasteiger partial charge in [0.2, 0.25) is 5.91 Å². The summed E-state index contributed by atoms with van der Waals surface area (Å²) in [5.41, 5.74) is 6.26. The largest absolute Gasteiger partial charge is 0.338 e. The van der Waals surface area contributed by atoms with Crippen LogP contribution in [0.1, 0.15) is 24.6 Å². The Morgan fingerprint density at radius 2 is 2.25 bits per heavy atom. The molecule has 0 unspecified atom stereocenters. The third kappa shape index (κ3) is 1.59. The van der Waals surface area contributed by atoms with Gasteiger partial charge in [0.15, 0.2) is 0 Å². The summed E-state index contributed by atoms with van der Waals surface area (Å²) in [5.74, 6) is 0.631. The van der Waals surface area contributed by atoms with E-state index in [1.165, 1.54) is 0 Å². The fourth-order valence-electron chi connectivity index (χ4n) is 1.98. The summed E-state index contributed by atoms with van der Waals surface area (Å²) >= 11 is 0. The van der Waals surface area contributed by atoms with E-state index in [2.05, 4.69) is 10.3 Å². The number of hydrogen-bond acceptors (Lipinski definition) is 4. The molecule has 1 amide bonds. The molecule has 1 saturated carbocycles. The van der Waals surface area contributed by atoms with Crippen molar-refractivity contribution in [2.45, 2.75) is 25.4 Å². The summed E-state index contributed by atoms with van der Waals surface area (Å²) in [6.45, 7) is 1.95. The monoisotopic (exact) mass is 221 g/mol. The van der Waals surface area contributed by atoms with Crippen molar-refractivity contribution in [3.63, 3.8) is 0 Å². The van der Waals surface area contributed by atoms with Gasteiger partial charge in [0, 0.05) is 25.6 Å². The number of carbonyl (C=O) groups excluding carboxylic acids is 1. The van der Waals surface area contributed by atoms with Crippen molar-refractivity contribution in [3.05, 3.63) is 11.9 Å². The van der Waals surface area contributed by atoms with E-state index in [9.17, 15) is 4.79 Å². The standard InChI is InChI=1S/C10H15N5O/c11-3-8-4-15(13-12-8)9-5-14(6-9)10(16)7-1-2-7/h4,7,9H,1-3,5-6,11H2. The molecule has 3 rings (SSSR count). The zero-order valence-electron chi connectivity index (χ0n) is 9.04. The number of nitrogens with two attached hydrogens (primary N) is 1. The minimum Gasteiger partial charge on any atom is -0.338 e. The topological polar surface area (TPSA) is 77.0 Å². The number of aromatic nitrogens is 3. The molecule has 1 aromatic heterocycles. The molecule has 1 aliphatic heterocycles. The van der Waals surface area contributed by atoms with Crippen LogP contribution in [0.25, 0.3) is 0 Å². The summed E-state index contributed by atoms with van der Waals surface area (Å²) in [6.07, 6.45) is 4.00. The lowest BCUT2D eigenvalue weighted by Gasteiger charge is -2.39. The molecule has 1 aliphatic carbocycles. The molecule has 0 aromatic carbocycles. The second-order valence-corrected chi connectivity index (χ2v) is 4.57. The Kier molecular flexibility index (Phi) is 2.17. The highest BCUT2D eigenvalue weighted by molar-refractivity contribution is 5.81. The Hall–Kier alpha value is -1.43. The molecule has 1 saturated heterocycles. The van der Waals surface area contributed by atoms with E-state index in [4.69, 9.17) is 5.73 Å². The summed E-state index contributed by atoms with van der Waals surface area (Å²) in [7, 11) is 0. The van der Waals surface area contributed by atoms with Gasteiger partial charge in [-0.1, -0.05) is 5.21 Å². The molecular formula is C10H15N5O. The molecule has 6 heteroatoms. The van der Waals surface area contributed by atoms with Gasteiger partial charge in [0.1, 0.15) is 0 Å². The van der Waals surface area contributed by atoms with E-state index >= 15 is 0 Å². The van der Waals surface area contributed by atoms with Gasteiger partial charge < -0.3 is 10.6 Å². The predicted molar refractivity (Wildman–Crippen MR) is 56.3 cm³/mol. The van der Waals surface area contributed by atoms with E-state index in [1.54, 1.807) is 0 Å². The first kappa shape index (κ1) is 9.77. The molecule has 2 heterocycles. The number of rotatable bonds is 3. The van der Waals surface area contributed by atoms with Crippen LogP contribution in [0.15, 0.2) is 6.20 Å². The van der Waals surface area contributed by atoms with Crippen LogP contribution in [0, 0.1) is 5.92 Å². The lowest BCUT2D eigenvalue weighted by Crippen LogP contribution is -2.51. The highest BCUT2D eigenvalue weighted by atomic mass is 16.2. The fraction of sp³-hybridized carbons (Fsp3) is 0.700. The lowest BCUT2D eigenvalue weighted by atomic mass is 10.1. The van der Waals surface area contributed by atoms with Crippen molar-refractivity contribution in [3.8, 4) is 0 Å². The summed E-state index contributed by atoms with van der Waals surface area (Å²) < 4.78 is 1.82. The highest BCUT2D eigenvalue weighted by Crippen LogP contribution is 2.34. The minimum absolute atomic E-state index is 0.287. The maximum Gasteiger partial charge on any atom is 0.225 e. The SMILES string of the molecule is NCc1cn(C2CN(C(=O)C3CC3)C2)nn1. The second-order valence-electron chi connectivity index (χ2n) is 4.57. The van der Waals surface area contributed by atoms with Crippen LogP contribution in [0.5, 0.6) is 0 Å². The van der Waals surface area contributed by atoms with Crippen LogP contribution < -0.4 is 5.73 Å². The lowest BCUT2D eigenvalue weighted by molar-refractivity contribution is -0.138. The Labute approximate surface area is 93.4 Å². The normalized spacial score (nSPS) is 20.9. The molecule has 0 atom stereocenters. The minimum atomic E-state index is 0.287. The maximum absolute atomic E-state index is 11.7. The number of amides is 1. The number of hydrogen-bond donors (Lipinski definition) is 1. The number of nitrogens with zero attached hydrogens (tertiary/aromatic N) is 4. The average Bonchev–Trinajstić information content (AvgIpc) is 2.97. The van der Waals surface area contributed by atoms with Gasteiger partial charge in [-0.3, -0.25) is 4.79 Å². The van der Waals surface area contributed by atoms with Crippen LogP contribution >= 0.6 is 0 Å². The molecule has 2 N–H and O–H groups in total. The smallest absolute Gasteiger partial charge is 0.225 e. The van der Waals surface area contributed by atoms with E-state index in [1.807, 2.05) is 15.8 Å². The summed E-state index contributed by atoms with van der Waals surface area (Å²) in [5, 5.41) is 7.95. The first-order chi connectivity index (χ1) is 7.78. The van der Waals surface area contributed by atoms with Crippen molar-refractivity contribution in [2.75, 3.05) is 13.1 Å². The van der Waals surface area contributed by atoms with Crippen molar-refractivity contribution in [2.24, 2.45) is 11.7 Å². The summed E-state index contributed by atoms with van der Waals surface area (Å²) in [4.78, 5) is 13.6. The molecule has 2 fully saturated rings. The second kappa shape index (κ2) is 3.55. The zero-order valence-corrected chi connectivity index (χ0v) is 9.04. The van der Waals surface area contributed by atoms with Gasteiger partial charge in [0.05, 0.1) is 17.9 Å². The third-order valence-electron chi connectivity index (χ3n) is 3.24. The Bertz CT molecular complexity index is 405. The van der Waals surface area contributed by atoms with Crippen molar-refractivity contribution in [1.29, 1.82) is 0 Å². The zero-order chi connectivity index (χ0) is 11.1. The van der Waals surface area contributed by atoms with E-state index in [0.717, 1.165) is 31.6 Å². The Morgan fingerprint density at radius 1 is 1.50 bits per heavy atom. The summed E-state index contributed by atoms with van der Waals surface area (Å²) in [6, 6.07) is 0.287. The molecule has 0 spiro atoms. The average molecular weight is 221 g/mol. The van der Waals surface area contributed by atoms with E-state index in [-0.39, 0.29) is 6.04 Å². The molecule has 0 bridgehead atoms. The maximum atomic E-state index is 11.7. The molecular weight excluding hydrogens is 206 g/mol. The van der Waals surface area contributed by atoms with Gasteiger partial charge in [-0.25, -0.2) is 4.68 Å². The Morgan fingerprint density at radius 3 is 2.81 bits per heavy atom. The third-order valence-corrected chi connectivity index (χ3v) is 3.24. The van der Waals surface area contributed by atoms with Gasteiger partial charge in [0.25, 0.3) is 0 Å². The van der Waals surface area contributed by atoms with Gasteiger partial charge in [-0.15, -0.1) is 5.10 Å². The van der Waals surface area contributed by atoms with Crippen molar-refractivity contribution in [1.82, 2.24) is 19.9 Å². The van der Waals surface area contributed by atoms with Gasteiger partial charge in [-0.2, -0.15) is 0 Å². The van der Waals surface area contributed by atoms with Gasteiger partial charge in [-0.05, 0) is 12.8 Å². The Balaban J connectivity index is 1.57. The fourth-order valence-corrected chi connectivity index (χ4v) is 1.98. The number of carbonyl (C=O) groups is 1. The van der Waals surface area contributed by atoms with Crippen molar-refractivity contribution >= 4 is 5.91 Å². The van der Waals surface area contributed by atoms with Crippen LogP contribution in [-0.2, 0) is 11.3 Å². The number of likely N-dealkylation sites (tertiary alicyclic amines) is 1. The molecule has 6 nitrogen and oxygen atoms in total. The van der Waals surface area contributed by atoms with Crippen LogP contribution in [0.2, 0.25) is 0 Å². The van der Waals surface area contributed by atoms with Gasteiger partial charge >= 0.3 is 0 Å². The molecule has 0 radical (unpaired) electrons. The molecule has 2 aliphatic rings. The van der Waals surface area contributed by atoms with E-state index in [0.29, 0.717) is 18.4 Å². The first-order valence-corrected chi connectivity index (χ1v) is 5.67. The molecule has 1 aromatic rings. The van der Waals surface area contributed by atoms with Crippen molar-refractivity contribution < 1.29 is 4.79 Å². The quantitative estimate of drug-likeness (QED) is 0.748. The van der Waals surface area contributed by atoms with Crippen LogP contribution in [-0.4, -0.2) is 38.9 Å². The molecule has 86 valence electrons. The highest BCUT2D eigenvalue weighted by Gasteiger charge is 2.40. The molecule has 16 heavy (non-hydrogen) atoms. The first-order valence-electron chi connectivity index (χ1n) is 5.67. The van der Waals surface area contributed by atoms with Crippen LogP contribution in [0.4, 0.5) is 0 Å². The predicted octanol–water partition coefficient (Wildman–Crippen LogP) is -0.470.